The van der Waals surface area contributed by atoms with E-state index in [0.29, 0.717) is 32.8 Å². The van der Waals surface area contributed by atoms with Crippen LogP contribution in [-0.4, -0.2) is 49.9 Å². The Kier molecular flexibility index (Phi) is 9.32. The van der Waals surface area contributed by atoms with E-state index in [0.717, 1.165) is 22.6 Å². The first-order chi connectivity index (χ1) is 14.3. The van der Waals surface area contributed by atoms with Gasteiger partial charge < -0.3 is 15.0 Å². The molecule has 0 spiro atoms. The van der Waals surface area contributed by atoms with Gasteiger partial charge in [-0.2, -0.15) is 0 Å². The van der Waals surface area contributed by atoms with Crippen LogP contribution in [-0.2, 0) is 34.3 Å². The zero-order valence-electron chi connectivity index (χ0n) is 18.4. The van der Waals surface area contributed by atoms with Gasteiger partial charge in [-0.3, -0.25) is 4.99 Å². The second-order valence-corrected chi connectivity index (χ2v) is 10.9. The van der Waals surface area contributed by atoms with E-state index in [2.05, 4.69) is 34.6 Å². The van der Waals surface area contributed by atoms with Gasteiger partial charge in [0, 0.05) is 26.7 Å². The van der Waals surface area contributed by atoms with Crippen molar-refractivity contribution in [3.63, 3.8) is 0 Å². The van der Waals surface area contributed by atoms with Gasteiger partial charge in [0.05, 0.1) is 23.7 Å². The number of aliphatic imine (C=N–C) groups is 1. The molecule has 1 heterocycles. The van der Waals surface area contributed by atoms with Gasteiger partial charge in [-0.25, -0.2) is 8.42 Å². The van der Waals surface area contributed by atoms with E-state index < -0.39 is 14.6 Å². The van der Waals surface area contributed by atoms with Crippen molar-refractivity contribution in [2.45, 2.75) is 38.4 Å². The quantitative estimate of drug-likeness (QED) is 0.334. The lowest BCUT2D eigenvalue weighted by molar-refractivity contribution is 0.106. The van der Waals surface area contributed by atoms with Gasteiger partial charge in [0.2, 0.25) is 0 Å². The first-order valence-electron chi connectivity index (χ1n) is 10.2. The molecule has 1 fully saturated rings. The number of hydrogen-bond donors (Lipinski definition) is 1. The van der Waals surface area contributed by atoms with Crippen LogP contribution in [0.3, 0.4) is 0 Å². The maximum atomic E-state index is 12.3. The summed E-state index contributed by atoms with van der Waals surface area (Å²) >= 11 is 0. The molecule has 0 atom stereocenters. The monoisotopic (exact) mass is 557 g/mol. The Labute approximate surface area is 203 Å². The molecule has 0 bridgehead atoms. The Morgan fingerprint density at radius 2 is 1.71 bits per heavy atom. The Morgan fingerprint density at radius 3 is 2.35 bits per heavy atom. The Hall–Kier alpha value is -1.65. The fourth-order valence-corrected chi connectivity index (χ4v) is 4.92. The third kappa shape index (κ3) is 6.66. The highest BCUT2D eigenvalue weighted by molar-refractivity contribution is 14.0. The molecule has 1 aliphatic heterocycles. The average Bonchev–Trinajstić information content (AvgIpc) is 2.73. The van der Waals surface area contributed by atoms with Gasteiger partial charge >= 0.3 is 0 Å². The number of benzene rings is 2. The largest absolute Gasteiger partial charge is 0.372 e. The van der Waals surface area contributed by atoms with E-state index in [9.17, 15) is 8.42 Å². The molecular formula is C23H32IN3O3S. The highest BCUT2D eigenvalue weighted by atomic mass is 127. The number of rotatable bonds is 6. The fraction of sp³-hybridized carbons (Fsp3) is 0.435. The van der Waals surface area contributed by atoms with E-state index in [1.165, 1.54) is 0 Å². The van der Waals surface area contributed by atoms with Gasteiger partial charge in [0.1, 0.15) is 0 Å². The lowest BCUT2D eigenvalue weighted by atomic mass is 10.1. The van der Waals surface area contributed by atoms with E-state index in [4.69, 9.17) is 4.74 Å². The summed E-state index contributed by atoms with van der Waals surface area (Å²) in [7, 11) is -1.35. The lowest BCUT2D eigenvalue weighted by Gasteiger charge is -2.39. The third-order valence-corrected chi connectivity index (χ3v) is 8.01. The third-order valence-electron chi connectivity index (χ3n) is 5.48. The maximum Gasteiger partial charge on any atom is 0.193 e. The standard InChI is InChI=1S/C23H31N3O3S.HI/c1-23(2)18-26(13-14-30(23,27)28)22(24-3)25-15-20-11-7-8-12-21(20)17-29-16-19-9-5-4-6-10-19;/h4-12H,13-18H2,1-3H3,(H,24,25);1H. The summed E-state index contributed by atoms with van der Waals surface area (Å²) in [6, 6.07) is 18.3. The smallest absolute Gasteiger partial charge is 0.193 e. The van der Waals surface area contributed by atoms with Crippen LogP contribution >= 0.6 is 24.0 Å². The number of guanidine groups is 1. The van der Waals surface area contributed by atoms with Crippen LogP contribution in [0.5, 0.6) is 0 Å². The molecule has 3 rings (SSSR count). The summed E-state index contributed by atoms with van der Waals surface area (Å²) < 4.78 is 29.7. The molecule has 170 valence electrons. The van der Waals surface area contributed by atoms with Gasteiger partial charge in [-0.05, 0) is 30.5 Å². The molecule has 0 aromatic heterocycles. The van der Waals surface area contributed by atoms with Gasteiger partial charge in [0.15, 0.2) is 15.8 Å². The van der Waals surface area contributed by atoms with Crippen LogP contribution in [0.2, 0.25) is 0 Å². The van der Waals surface area contributed by atoms with Crippen molar-refractivity contribution >= 4 is 39.8 Å². The van der Waals surface area contributed by atoms with Crippen molar-refractivity contribution in [1.29, 1.82) is 0 Å². The number of nitrogens with zero attached hydrogens (tertiary/aromatic N) is 2. The predicted molar refractivity (Wildman–Crippen MR) is 136 cm³/mol. The summed E-state index contributed by atoms with van der Waals surface area (Å²) in [6.45, 7) is 6.13. The van der Waals surface area contributed by atoms with Crippen LogP contribution < -0.4 is 5.32 Å². The molecular weight excluding hydrogens is 525 g/mol. The highest BCUT2D eigenvalue weighted by Crippen LogP contribution is 2.23. The minimum absolute atomic E-state index is 0. The second-order valence-electron chi connectivity index (χ2n) is 8.15. The van der Waals surface area contributed by atoms with E-state index in [1.807, 2.05) is 35.2 Å². The Bertz CT molecular complexity index is 979. The molecule has 1 aliphatic rings. The second kappa shape index (κ2) is 11.3. The van der Waals surface area contributed by atoms with Crippen molar-refractivity contribution in [3.05, 3.63) is 71.3 Å². The van der Waals surface area contributed by atoms with Crippen LogP contribution in [0.4, 0.5) is 0 Å². The molecule has 2 aromatic rings. The molecule has 1 saturated heterocycles. The van der Waals surface area contributed by atoms with Gasteiger partial charge in [0.25, 0.3) is 0 Å². The minimum Gasteiger partial charge on any atom is -0.372 e. The van der Waals surface area contributed by atoms with Crippen molar-refractivity contribution in [2.75, 3.05) is 25.9 Å². The topological polar surface area (TPSA) is 71.0 Å². The summed E-state index contributed by atoms with van der Waals surface area (Å²) in [6.07, 6.45) is 0. The summed E-state index contributed by atoms with van der Waals surface area (Å²) in [5.41, 5.74) is 3.41. The van der Waals surface area contributed by atoms with Crippen molar-refractivity contribution in [1.82, 2.24) is 10.2 Å². The first-order valence-corrected chi connectivity index (χ1v) is 11.8. The normalized spacial score (nSPS) is 17.6. The summed E-state index contributed by atoms with van der Waals surface area (Å²) in [4.78, 5) is 6.40. The molecule has 0 amide bonds. The average molecular weight is 557 g/mol. The molecule has 8 heteroatoms. The number of hydrogen-bond acceptors (Lipinski definition) is 4. The molecule has 0 aliphatic carbocycles. The van der Waals surface area contributed by atoms with Crippen molar-refractivity contribution in [2.24, 2.45) is 4.99 Å². The molecule has 2 aromatic carbocycles. The number of nitrogens with one attached hydrogen (secondary N) is 1. The number of ether oxygens (including phenoxy) is 1. The molecule has 0 radical (unpaired) electrons. The van der Waals surface area contributed by atoms with Crippen molar-refractivity contribution in [3.8, 4) is 0 Å². The van der Waals surface area contributed by atoms with E-state index in [1.54, 1.807) is 20.9 Å². The summed E-state index contributed by atoms with van der Waals surface area (Å²) in [5, 5.41) is 3.39. The van der Waals surface area contributed by atoms with Crippen molar-refractivity contribution < 1.29 is 13.2 Å². The molecule has 31 heavy (non-hydrogen) atoms. The number of halogens is 1. The predicted octanol–water partition coefficient (Wildman–Crippen LogP) is 3.61. The Balaban J connectivity index is 0.00000341. The highest BCUT2D eigenvalue weighted by Gasteiger charge is 2.40. The molecule has 0 saturated carbocycles. The lowest BCUT2D eigenvalue weighted by Crippen LogP contribution is -2.57. The number of sulfone groups is 1. The minimum atomic E-state index is -3.08. The van der Waals surface area contributed by atoms with Crippen LogP contribution in [0.15, 0.2) is 59.6 Å². The molecule has 0 unspecified atom stereocenters. The van der Waals surface area contributed by atoms with Crippen LogP contribution in [0, 0.1) is 0 Å². The van der Waals surface area contributed by atoms with Gasteiger partial charge in [-0.1, -0.05) is 54.6 Å². The SMILES string of the molecule is CN=C(NCc1ccccc1COCc1ccccc1)N1CCS(=O)(=O)C(C)(C)C1.I. The van der Waals surface area contributed by atoms with E-state index >= 15 is 0 Å². The summed E-state index contributed by atoms with van der Waals surface area (Å²) in [5.74, 6) is 0.864. The molecule has 6 nitrogen and oxygen atoms in total. The van der Waals surface area contributed by atoms with Gasteiger partial charge in [-0.15, -0.1) is 24.0 Å². The Morgan fingerprint density at radius 1 is 1.06 bits per heavy atom. The first kappa shape index (κ1) is 25.6. The molecule has 1 N–H and O–H groups in total. The fourth-order valence-electron chi connectivity index (χ4n) is 3.55. The maximum absolute atomic E-state index is 12.3. The van der Waals surface area contributed by atoms with E-state index in [-0.39, 0.29) is 29.7 Å². The zero-order valence-corrected chi connectivity index (χ0v) is 21.5. The van der Waals surface area contributed by atoms with Crippen LogP contribution in [0.1, 0.15) is 30.5 Å². The zero-order chi connectivity index (χ0) is 21.6. The van der Waals surface area contributed by atoms with Crippen LogP contribution in [0.25, 0.3) is 0 Å².